The maximum Gasteiger partial charge on any atom is 0.416 e. The highest BCUT2D eigenvalue weighted by Gasteiger charge is 2.37. The summed E-state index contributed by atoms with van der Waals surface area (Å²) >= 11 is 0. The van der Waals surface area contributed by atoms with Gasteiger partial charge in [0.1, 0.15) is 6.33 Å². The van der Waals surface area contributed by atoms with E-state index in [2.05, 4.69) is 15.5 Å². The lowest BCUT2D eigenvalue weighted by Crippen LogP contribution is -2.31. The first-order valence-electron chi connectivity index (χ1n) is 8.63. The molecule has 0 fully saturated rings. The Balaban J connectivity index is 2.05. The van der Waals surface area contributed by atoms with Gasteiger partial charge in [0.25, 0.3) is 0 Å². The molecule has 13 heteroatoms. The highest BCUT2D eigenvalue weighted by atomic mass is 19.4. The number of nitrogens with zero attached hydrogens (tertiary/aromatic N) is 4. The fourth-order valence-electron chi connectivity index (χ4n) is 2.97. The number of aromatic nitrogens is 3. The highest BCUT2D eigenvalue weighted by molar-refractivity contribution is 5.95. The van der Waals surface area contributed by atoms with Crippen molar-refractivity contribution in [2.24, 2.45) is 0 Å². The minimum Gasteiger partial charge on any atom is -0.478 e. The third-order valence-electron chi connectivity index (χ3n) is 4.35. The van der Waals surface area contributed by atoms with Crippen molar-refractivity contribution in [1.82, 2.24) is 25.2 Å². The molecule has 1 aliphatic heterocycles. The predicted molar refractivity (Wildman–Crippen MR) is 95.8 cm³/mol. The molecule has 1 atom stereocenters. The number of aliphatic carboxylic acids is 1. The standard InChI is InChI=1S/C18H15F6N5O2/c1-9-13(6-28(2)26-9)14(16(30)31)7-29-8-25-15(27-29)10-3-11(17(19,20)21)5-12(4-10)18(22,23)24/h3-9,26H,1-2H3,(H,30,31)/b14-7+. The van der Waals surface area contributed by atoms with Crippen molar-refractivity contribution in [1.29, 1.82) is 0 Å². The molecule has 2 aromatic rings. The van der Waals surface area contributed by atoms with Crippen LogP contribution in [0.1, 0.15) is 18.1 Å². The summed E-state index contributed by atoms with van der Waals surface area (Å²) in [6, 6.07) is 0.641. The molecular formula is C18H15F6N5O2. The van der Waals surface area contributed by atoms with Crippen molar-refractivity contribution in [3.05, 3.63) is 53.0 Å². The van der Waals surface area contributed by atoms with Crippen molar-refractivity contribution in [2.45, 2.75) is 25.3 Å². The Kier molecular flexibility index (Phi) is 5.56. The molecule has 1 aromatic carbocycles. The van der Waals surface area contributed by atoms with E-state index in [4.69, 9.17) is 0 Å². The fourth-order valence-corrected chi connectivity index (χ4v) is 2.97. The van der Waals surface area contributed by atoms with Gasteiger partial charge in [0.05, 0.1) is 22.7 Å². The number of halogens is 6. The number of carboxylic acids is 1. The molecule has 0 amide bonds. The van der Waals surface area contributed by atoms with Crippen LogP contribution in [0.25, 0.3) is 17.6 Å². The topological polar surface area (TPSA) is 83.3 Å². The van der Waals surface area contributed by atoms with Crippen LogP contribution in [0.15, 0.2) is 41.9 Å². The van der Waals surface area contributed by atoms with E-state index in [1.807, 2.05) is 0 Å². The van der Waals surface area contributed by atoms with Crippen LogP contribution >= 0.6 is 0 Å². The van der Waals surface area contributed by atoms with Gasteiger partial charge in [0.2, 0.25) is 0 Å². The first-order chi connectivity index (χ1) is 14.3. The second kappa shape index (κ2) is 7.72. The number of carboxylic acid groups (broad SMARTS) is 1. The molecule has 0 aliphatic carbocycles. The zero-order chi connectivity index (χ0) is 23.1. The molecule has 0 spiro atoms. The fraction of sp³-hybridized carbons (Fsp3) is 0.278. The lowest BCUT2D eigenvalue weighted by molar-refractivity contribution is -0.143. The van der Waals surface area contributed by atoms with Crippen molar-refractivity contribution in [3.63, 3.8) is 0 Å². The van der Waals surface area contributed by atoms with E-state index in [-0.39, 0.29) is 17.7 Å². The second-order valence-electron chi connectivity index (χ2n) is 6.74. The number of nitrogens with one attached hydrogen (secondary N) is 1. The number of alkyl halides is 6. The summed E-state index contributed by atoms with van der Waals surface area (Å²) in [5.74, 6) is -1.73. The lowest BCUT2D eigenvalue weighted by Gasteiger charge is -2.13. The molecule has 2 N–H and O–H groups in total. The molecule has 7 nitrogen and oxygen atoms in total. The number of rotatable bonds is 4. The molecule has 31 heavy (non-hydrogen) atoms. The van der Waals surface area contributed by atoms with Crippen molar-refractivity contribution >= 4 is 12.2 Å². The zero-order valence-corrected chi connectivity index (χ0v) is 16.0. The molecule has 3 rings (SSSR count). The summed E-state index contributed by atoms with van der Waals surface area (Å²) in [6.45, 7) is 1.71. The summed E-state index contributed by atoms with van der Waals surface area (Å²) in [7, 11) is 1.66. The first kappa shape index (κ1) is 22.3. The summed E-state index contributed by atoms with van der Waals surface area (Å²) < 4.78 is 79.2. The Labute approximate surface area is 171 Å². The number of hydrogen-bond donors (Lipinski definition) is 2. The lowest BCUT2D eigenvalue weighted by atomic mass is 10.0. The SMILES string of the molecule is CC1NN(C)C=C1/C(=C\n1cnc(-c2cc(C(F)(F)F)cc(C(F)(F)F)c2)n1)C(=O)O. The summed E-state index contributed by atoms with van der Waals surface area (Å²) in [6.07, 6.45) is -6.44. The molecule has 1 aliphatic rings. The third kappa shape index (κ3) is 4.87. The maximum absolute atomic E-state index is 13.1. The van der Waals surface area contributed by atoms with E-state index in [9.17, 15) is 36.2 Å². The Morgan fingerprint density at radius 2 is 1.71 bits per heavy atom. The van der Waals surface area contributed by atoms with E-state index in [1.54, 1.807) is 19.0 Å². The van der Waals surface area contributed by atoms with Crippen LogP contribution in [0.2, 0.25) is 0 Å². The van der Waals surface area contributed by atoms with Gasteiger partial charge in [0, 0.05) is 30.6 Å². The quantitative estimate of drug-likeness (QED) is 0.550. The minimum atomic E-state index is -5.01. The Hall–Kier alpha value is -3.35. The van der Waals surface area contributed by atoms with Gasteiger partial charge in [-0.2, -0.15) is 26.3 Å². The maximum atomic E-state index is 13.1. The number of benzene rings is 1. The van der Waals surface area contributed by atoms with E-state index < -0.39 is 40.8 Å². The smallest absolute Gasteiger partial charge is 0.416 e. The van der Waals surface area contributed by atoms with Gasteiger partial charge in [-0.1, -0.05) is 0 Å². The monoisotopic (exact) mass is 447 g/mol. The molecule has 0 saturated carbocycles. The van der Waals surface area contributed by atoms with Crippen molar-refractivity contribution in [2.75, 3.05) is 7.05 Å². The average molecular weight is 447 g/mol. The van der Waals surface area contributed by atoms with Gasteiger partial charge >= 0.3 is 18.3 Å². The Bertz CT molecular complexity index is 1040. The largest absolute Gasteiger partial charge is 0.478 e. The van der Waals surface area contributed by atoms with E-state index in [0.29, 0.717) is 17.7 Å². The Morgan fingerprint density at radius 1 is 1.13 bits per heavy atom. The minimum absolute atomic E-state index is 0.000384. The van der Waals surface area contributed by atoms with Crippen LogP contribution in [0.5, 0.6) is 0 Å². The Morgan fingerprint density at radius 3 is 2.16 bits per heavy atom. The average Bonchev–Trinajstić information content (AvgIpc) is 3.23. The molecule has 0 bridgehead atoms. The molecule has 1 unspecified atom stereocenters. The van der Waals surface area contributed by atoms with Crippen molar-refractivity contribution < 1.29 is 36.2 Å². The van der Waals surface area contributed by atoms with Gasteiger partial charge in [-0.25, -0.2) is 19.9 Å². The van der Waals surface area contributed by atoms with Crippen LogP contribution in [0.4, 0.5) is 26.3 Å². The zero-order valence-electron chi connectivity index (χ0n) is 16.0. The van der Waals surface area contributed by atoms with E-state index >= 15 is 0 Å². The van der Waals surface area contributed by atoms with E-state index in [0.717, 1.165) is 17.2 Å². The molecular weight excluding hydrogens is 432 g/mol. The number of hydrazine groups is 1. The molecule has 166 valence electrons. The third-order valence-corrected chi connectivity index (χ3v) is 4.35. The van der Waals surface area contributed by atoms with Crippen LogP contribution < -0.4 is 5.43 Å². The van der Waals surface area contributed by atoms with Crippen LogP contribution in [0, 0.1) is 0 Å². The number of carbonyl (C=O) groups is 1. The summed E-state index contributed by atoms with van der Waals surface area (Å²) in [5.41, 5.74) is -0.371. The normalized spacial score (nSPS) is 17.8. The van der Waals surface area contributed by atoms with Gasteiger partial charge in [-0.05, 0) is 25.1 Å². The van der Waals surface area contributed by atoms with Crippen LogP contribution in [0.3, 0.4) is 0 Å². The molecule has 0 saturated heterocycles. The van der Waals surface area contributed by atoms with Gasteiger partial charge in [-0.3, -0.25) is 0 Å². The summed E-state index contributed by atoms with van der Waals surface area (Å²) in [4.78, 5) is 15.4. The van der Waals surface area contributed by atoms with E-state index in [1.165, 1.54) is 6.20 Å². The number of hydrogen-bond acceptors (Lipinski definition) is 5. The van der Waals surface area contributed by atoms with Gasteiger partial charge < -0.3 is 10.1 Å². The molecule has 1 aromatic heterocycles. The molecule has 2 heterocycles. The molecule has 0 radical (unpaired) electrons. The van der Waals surface area contributed by atoms with Crippen molar-refractivity contribution in [3.8, 4) is 11.4 Å². The second-order valence-corrected chi connectivity index (χ2v) is 6.74. The highest BCUT2D eigenvalue weighted by Crippen LogP contribution is 2.38. The van der Waals surface area contributed by atoms with Gasteiger partial charge in [-0.15, -0.1) is 5.10 Å². The van der Waals surface area contributed by atoms with Crippen LogP contribution in [-0.4, -0.2) is 43.9 Å². The van der Waals surface area contributed by atoms with Gasteiger partial charge in [0.15, 0.2) is 5.82 Å². The summed E-state index contributed by atoms with van der Waals surface area (Å²) in [5, 5.41) is 14.9. The first-order valence-corrected chi connectivity index (χ1v) is 8.63. The predicted octanol–water partition coefficient (Wildman–Crippen LogP) is 3.63. The van der Waals surface area contributed by atoms with Crippen LogP contribution in [-0.2, 0) is 17.1 Å².